The summed E-state index contributed by atoms with van der Waals surface area (Å²) in [4.78, 5) is 98.3. The molecular weight excluding hydrogens is 893 g/mol. The molecule has 4 unspecified atom stereocenters. The average molecular weight is 977 g/mol. The first-order valence-corrected chi connectivity index (χ1v) is 23.7. The zero-order valence-corrected chi connectivity index (χ0v) is 40.9. The number of hydrogen-bond donors (Lipinski definition) is 10. The summed E-state index contributed by atoms with van der Waals surface area (Å²) in [6.07, 6.45) is 4.36. The Morgan fingerprint density at radius 3 is 1.37 bits per heavy atom. The molecule has 0 fully saturated rings. The van der Waals surface area contributed by atoms with Crippen molar-refractivity contribution in [2.45, 2.75) is 116 Å². The molecule has 8 amide bonds. The van der Waals surface area contributed by atoms with Gasteiger partial charge in [-0.3, -0.25) is 33.6 Å². The van der Waals surface area contributed by atoms with E-state index in [0.717, 1.165) is 12.8 Å². The molecule has 394 valence electrons. The summed E-state index contributed by atoms with van der Waals surface area (Å²) < 4.78 is 32.8. The predicted octanol–water partition coefficient (Wildman–Crippen LogP) is -1.99. The second-order valence-corrected chi connectivity index (χ2v) is 16.1. The molecule has 0 aliphatic heterocycles. The molecule has 0 heterocycles. The number of nitrogens with one attached hydrogen (secondary N) is 7. The van der Waals surface area contributed by atoms with Crippen molar-refractivity contribution >= 4 is 47.3 Å². The maximum Gasteiger partial charge on any atom is 0.312 e. The third-order valence-electron chi connectivity index (χ3n) is 9.81. The lowest BCUT2D eigenvalue weighted by atomic mass is 10.00. The lowest BCUT2D eigenvalue weighted by molar-refractivity contribution is -0.134. The standard InChI is InChI=1S/C44H84N10O14/c1-32(2)40(43(61)53-35(33(3)55)12-9-17-50-44(47)62)54-42(60)37(11-6-8-16-46)52-39(58)14-21-64-25-29-68-30-26-65-22-18-48-38(57)13-20-63-24-28-67-31-27-66-23-19-49-41(59)36(51-34(4)56)10-5-7-15-45/h32,35-37,40H,5-31,45-46H2,1-4H3,(H,48,57)(H,49,59)(H,51,56)(H,52,58)(H,53,61)(H,54,60)(H3,47,50,62). The summed E-state index contributed by atoms with van der Waals surface area (Å²) >= 11 is 0. The minimum absolute atomic E-state index is 0.0149. The summed E-state index contributed by atoms with van der Waals surface area (Å²) in [6.45, 7) is 11.4. The van der Waals surface area contributed by atoms with E-state index in [1.807, 2.05) is 0 Å². The van der Waals surface area contributed by atoms with Gasteiger partial charge in [0.15, 0.2) is 5.78 Å². The molecule has 0 aromatic rings. The molecule has 0 aliphatic rings. The first-order valence-electron chi connectivity index (χ1n) is 23.7. The van der Waals surface area contributed by atoms with Crippen LogP contribution in [-0.2, 0) is 62.0 Å². The molecule has 0 rings (SSSR count). The van der Waals surface area contributed by atoms with Gasteiger partial charge < -0.3 is 82.8 Å². The zero-order valence-electron chi connectivity index (χ0n) is 40.9. The lowest BCUT2D eigenvalue weighted by Gasteiger charge is -2.27. The van der Waals surface area contributed by atoms with Crippen LogP contribution in [-0.4, -0.2) is 183 Å². The van der Waals surface area contributed by atoms with Crippen LogP contribution in [0.15, 0.2) is 0 Å². The summed E-state index contributed by atoms with van der Waals surface area (Å²) in [5.41, 5.74) is 16.2. The first-order chi connectivity index (χ1) is 32.6. The van der Waals surface area contributed by atoms with Crippen molar-refractivity contribution in [2.24, 2.45) is 23.1 Å². The van der Waals surface area contributed by atoms with Crippen LogP contribution in [0.5, 0.6) is 0 Å². The van der Waals surface area contributed by atoms with Gasteiger partial charge in [0.1, 0.15) is 18.1 Å². The topological polar surface area (TPSA) is 354 Å². The summed E-state index contributed by atoms with van der Waals surface area (Å²) in [6, 6.07) is -4.02. The van der Waals surface area contributed by atoms with Crippen molar-refractivity contribution < 1.29 is 66.8 Å². The fraction of sp³-hybridized carbons (Fsp3) is 0.818. The fourth-order valence-corrected chi connectivity index (χ4v) is 6.11. The van der Waals surface area contributed by atoms with E-state index in [1.54, 1.807) is 13.8 Å². The maximum atomic E-state index is 13.4. The Labute approximate surface area is 401 Å². The highest BCUT2D eigenvalue weighted by Gasteiger charge is 2.30. The number of urea groups is 1. The third-order valence-corrected chi connectivity index (χ3v) is 9.81. The molecule has 0 saturated carbocycles. The quantitative estimate of drug-likeness (QED) is 0.0295. The lowest BCUT2D eigenvalue weighted by Crippen LogP contribution is -2.57. The second-order valence-electron chi connectivity index (χ2n) is 16.1. The number of ketones is 1. The highest BCUT2D eigenvalue weighted by Crippen LogP contribution is 2.09. The molecule has 0 bridgehead atoms. The van der Waals surface area contributed by atoms with Crippen LogP contribution < -0.4 is 54.4 Å². The number of ether oxygens (including phenoxy) is 6. The number of Topliss-reactive ketones (excluding diaryl/α,β-unsaturated/α-hetero) is 1. The van der Waals surface area contributed by atoms with Gasteiger partial charge in [0.05, 0.1) is 85.3 Å². The molecule has 24 nitrogen and oxygen atoms in total. The van der Waals surface area contributed by atoms with E-state index in [2.05, 4.69) is 37.2 Å². The van der Waals surface area contributed by atoms with Crippen LogP contribution in [0.3, 0.4) is 0 Å². The fourth-order valence-electron chi connectivity index (χ4n) is 6.11. The average Bonchev–Trinajstić information content (AvgIpc) is 3.28. The molecule has 13 N–H and O–H groups in total. The van der Waals surface area contributed by atoms with Crippen molar-refractivity contribution in [3.05, 3.63) is 0 Å². The Kier molecular flexibility index (Phi) is 39.7. The van der Waals surface area contributed by atoms with E-state index in [1.165, 1.54) is 13.8 Å². The van der Waals surface area contributed by atoms with Gasteiger partial charge in [0.25, 0.3) is 0 Å². The summed E-state index contributed by atoms with van der Waals surface area (Å²) in [7, 11) is 0. The molecule has 0 radical (unpaired) electrons. The number of rotatable bonds is 45. The zero-order chi connectivity index (χ0) is 50.8. The van der Waals surface area contributed by atoms with Gasteiger partial charge in [-0.2, -0.15) is 0 Å². The molecule has 0 aromatic carbocycles. The molecule has 4 atom stereocenters. The largest absolute Gasteiger partial charge is 0.379 e. The minimum Gasteiger partial charge on any atom is -0.379 e. The number of carbonyl (C=O) groups excluding carboxylic acids is 8. The van der Waals surface area contributed by atoms with Crippen molar-refractivity contribution in [3.63, 3.8) is 0 Å². The maximum absolute atomic E-state index is 13.4. The van der Waals surface area contributed by atoms with Crippen LogP contribution >= 0.6 is 0 Å². The predicted molar refractivity (Wildman–Crippen MR) is 252 cm³/mol. The number of unbranched alkanes of at least 4 members (excludes halogenated alkanes) is 2. The highest BCUT2D eigenvalue weighted by atomic mass is 16.5. The molecule has 24 heteroatoms. The van der Waals surface area contributed by atoms with Crippen LogP contribution in [0.2, 0.25) is 0 Å². The molecule has 0 aromatic heterocycles. The van der Waals surface area contributed by atoms with Crippen LogP contribution in [0.4, 0.5) is 4.79 Å². The number of amides is 8. The van der Waals surface area contributed by atoms with Gasteiger partial charge in [0.2, 0.25) is 35.4 Å². The van der Waals surface area contributed by atoms with Gasteiger partial charge in [-0.1, -0.05) is 13.8 Å². The number of carbonyl (C=O) groups is 8. The summed E-state index contributed by atoms with van der Waals surface area (Å²) in [5.74, 6) is -2.81. The van der Waals surface area contributed by atoms with Crippen LogP contribution in [0, 0.1) is 5.92 Å². The molecule has 0 spiro atoms. The highest BCUT2D eigenvalue weighted by molar-refractivity contribution is 5.94. The van der Waals surface area contributed by atoms with E-state index >= 15 is 0 Å². The SMILES string of the molecule is CC(=O)NC(CCCCN)C(=O)NCCOCCOCCOCCC(=O)NCCOCCOCCOCCC(=O)NC(CCCCN)C(=O)NC(C(=O)NC(CCCNC(N)=O)C(C)=O)C(C)C. The monoisotopic (exact) mass is 977 g/mol. The van der Waals surface area contributed by atoms with Crippen molar-refractivity contribution in [1.29, 1.82) is 0 Å². The van der Waals surface area contributed by atoms with Gasteiger partial charge in [-0.15, -0.1) is 0 Å². The van der Waals surface area contributed by atoms with Gasteiger partial charge in [0, 0.05) is 39.4 Å². The molecule has 0 saturated heterocycles. The second kappa shape index (κ2) is 42.5. The van der Waals surface area contributed by atoms with E-state index in [0.29, 0.717) is 111 Å². The van der Waals surface area contributed by atoms with E-state index < -0.39 is 47.9 Å². The van der Waals surface area contributed by atoms with Gasteiger partial charge in [-0.25, -0.2) is 4.79 Å². The van der Waals surface area contributed by atoms with E-state index in [4.69, 9.17) is 45.6 Å². The first kappa shape index (κ1) is 63.4. The normalized spacial score (nSPS) is 12.9. The third kappa shape index (κ3) is 36.5. The van der Waals surface area contributed by atoms with Crippen molar-refractivity contribution in [1.82, 2.24) is 37.2 Å². The number of hydrogen-bond acceptors (Lipinski definition) is 16. The number of nitrogens with two attached hydrogens (primary N) is 3. The van der Waals surface area contributed by atoms with Crippen molar-refractivity contribution in [3.8, 4) is 0 Å². The van der Waals surface area contributed by atoms with Gasteiger partial charge >= 0.3 is 6.03 Å². The Bertz CT molecular complexity index is 1430. The summed E-state index contributed by atoms with van der Waals surface area (Å²) in [5, 5.41) is 18.8. The van der Waals surface area contributed by atoms with E-state index in [-0.39, 0.29) is 81.7 Å². The smallest absolute Gasteiger partial charge is 0.312 e. The Balaban J connectivity index is 4.12. The molecule has 0 aliphatic carbocycles. The number of primary amides is 1. The Morgan fingerprint density at radius 1 is 0.441 bits per heavy atom. The molecule has 68 heavy (non-hydrogen) atoms. The van der Waals surface area contributed by atoms with Gasteiger partial charge in [-0.05, 0) is 77.3 Å². The Hall–Kier alpha value is -4.56. The molecular formula is C44H84N10O14. The Morgan fingerprint density at radius 2 is 0.897 bits per heavy atom. The van der Waals surface area contributed by atoms with E-state index in [9.17, 15) is 38.4 Å². The minimum atomic E-state index is -0.982. The van der Waals surface area contributed by atoms with Crippen LogP contribution in [0.25, 0.3) is 0 Å². The van der Waals surface area contributed by atoms with Crippen molar-refractivity contribution in [2.75, 3.05) is 112 Å². The van der Waals surface area contributed by atoms with Crippen LogP contribution in [0.1, 0.15) is 91.9 Å².